The SMILES string of the molecule is Cc1c(N)cc(Br)cc1C(=O)OCC(=O)NC1CCCC1. The van der Waals surface area contributed by atoms with Gasteiger partial charge in [-0.15, -0.1) is 0 Å². The second-order valence-corrected chi connectivity index (χ2v) is 6.21. The van der Waals surface area contributed by atoms with Crippen LogP contribution in [-0.4, -0.2) is 24.5 Å². The number of ether oxygens (including phenoxy) is 1. The topological polar surface area (TPSA) is 81.4 Å². The van der Waals surface area contributed by atoms with Gasteiger partial charge in [-0.1, -0.05) is 28.8 Å². The van der Waals surface area contributed by atoms with Crippen LogP contribution >= 0.6 is 15.9 Å². The van der Waals surface area contributed by atoms with Gasteiger partial charge >= 0.3 is 5.97 Å². The molecule has 5 nitrogen and oxygen atoms in total. The van der Waals surface area contributed by atoms with Crippen LogP contribution in [0.2, 0.25) is 0 Å². The highest BCUT2D eigenvalue weighted by Crippen LogP contribution is 2.23. The van der Waals surface area contributed by atoms with Crippen molar-refractivity contribution in [1.82, 2.24) is 5.32 Å². The van der Waals surface area contributed by atoms with Crippen molar-refractivity contribution < 1.29 is 14.3 Å². The van der Waals surface area contributed by atoms with Gasteiger partial charge in [0.25, 0.3) is 5.91 Å². The van der Waals surface area contributed by atoms with Crippen molar-refractivity contribution in [2.75, 3.05) is 12.3 Å². The van der Waals surface area contributed by atoms with Crippen LogP contribution in [0.15, 0.2) is 16.6 Å². The molecule has 1 saturated carbocycles. The molecule has 1 aromatic rings. The first-order chi connectivity index (χ1) is 9.97. The molecule has 2 rings (SSSR count). The smallest absolute Gasteiger partial charge is 0.339 e. The fraction of sp³-hybridized carbons (Fsp3) is 0.467. The number of halogens is 1. The summed E-state index contributed by atoms with van der Waals surface area (Å²) in [6.45, 7) is 1.48. The molecular formula is C15H19BrN2O3. The minimum Gasteiger partial charge on any atom is -0.452 e. The fourth-order valence-corrected chi connectivity index (χ4v) is 2.94. The normalized spacial score (nSPS) is 15.0. The summed E-state index contributed by atoms with van der Waals surface area (Å²) < 4.78 is 5.77. The van der Waals surface area contributed by atoms with Crippen LogP contribution in [0.4, 0.5) is 5.69 Å². The van der Waals surface area contributed by atoms with E-state index in [2.05, 4.69) is 21.2 Å². The molecule has 3 N–H and O–H groups in total. The number of anilines is 1. The Balaban J connectivity index is 1.91. The molecule has 0 radical (unpaired) electrons. The zero-order valence-corrected chi connectivity index (χ0v) is 13.5. The largest absolute Gasteiger partial charge is 0.452 e. The minimum absolute atomic E-state index is 0.222. The number of carbonyl (C=O) groups is 2. The number of benzene rings is 1. The number of nitrogens with two attached hydrogens (primary N) is 1. The average Bonchev–Trinajstić information content (AvgIpc) is 2.93. The van der Waals surface area contributed by atoms with E-state index in [1.54, 1.807) is 19.1 Å². The average molecular weight is 355 g/mol. The highest BCUT2D eigenvalue weighted by Gasteiger charge is 2.19. The molecule has 1 aliphatic carbocycles. The first-order valence-corrected chi connectivity index (χ1v) is 7.79. The van der Waals surface area contributed by atoms with E-state index in [0.717, 1.165) is 25.7 Å². The number of nitrogen functional groups attached to an aromatic ring is 1. The standard InChI is InChI=1S/C15H19BrN2O3/c1-9-12(6-10(16)7-13(9)17)15(20)21-8-14(19)18-11-4-2-3-5-11/h6-7,11H,2-5,8,17H2,1H3,(H,18,19). The molecule has 1 aliphatic rings. The predicted molar refractivity (Wildman–Crippen MR) is 84.0 cm³/mol. The molecule has 0 aliphatic heterocycles. The van der Waals surface area contributed by atoms with Gasteiger partial charge in [-0.25, -0.2) is 4.79 Å². The minimum atomic E-state index is -0.540. The Morgan fingerprint density at radius 2 is 2.05 bits per heavy atom. The predicted octanol–water partition coefficient (Wildman–Crippen LogP) is 2.56. The van der Waals surface area contributed by atoms with Gasteiger partial charge in [0.05, 0.1) is 5.56 Å². The van der Waals surface area contributed by atoms with Crippen LogP contribution < -0.4 is 11.1 Å². The lowest BCUT2D eigenvalue weighted by molar-refractivity contribution is -0.124. The maximum atomic E-state index is 12.0. The molecule has 0 unspecified atom stereocenters. The van der Waals surface area contributed by atoms with Crippen LogP contribution in [0.3, 0.4) is 0 Å². The third-order valence-electron chi connectivity index (χ3n) is 3.69. The van der Waals surface area contributed by atoms with E-state index in [1.807, 2.05) is 0 Å². The second kappa shape index (κ2) is 6.93. The number of rotatable bonds is 4. The van der Waals surface area contributed by atoms with Crippen molar-refractivity contribution in [3.8, 4) is 0 Å². The van der Waals surface area contributed by atoms with Crippen molar-refractivity contribution in [3.63, 3.8) is 0 Å². The first-order valence-electron chi connectivity index (χ1n) is 6.99. The number of hydrogen-bond acceptors (Lipinski definition) is 4. The highest BCUT2D eigenvalue weighted by atomic mass is 79.9. The Kier molecular flexibility index (Phi) is 5.22. The Labute approximate surface area is 132 Å². The number of carbonyl (C=O) groups excluding carboxylic acids is 2. The molecule has 1 fully saturated rings. The molecule has 0 aromatic heterocycles. The Morgan fingerprint density at radius 3 is 2.71 bits per heavy atom. The van der Waals surface area contributed by atoms with Crippen LogP contribution in [0.5, 0.6) is 0 Å². The molecule has 21 heavy (non-hydrogen) atoms. The Bertz CT molecular complexity index is 554. The summed E-state index contributed by atoms with van der Waals surface area (Å²) in [5, 5.41) is 2.87. The first kappa shape index (κ1) is 15.8. The van der Waals surface area contributed by atoms with E-state index in [4.69, 9.17) is 10.5 Å². The maximum absolute atomic E-state index is 12.0. The van der Waals surface area contributed by atoms with Gasteiger partial charge in [0.15, 0.2) is 6.61 Å². The fourth-order valence-electron chi connectivity index (χ4n) is 2.46. The van der Waals surface area contributed by atoms with Crippen LogP contribution in [0, 0.1) is 6.92 Å². The summed E-state index contributed by atoms with van der Waals surface area (Å²) >= 11 is 3.29. The Hall–Kier alpha value is -1.56. The van der Waals surface area contributed by atoms with Gasteiger partial charge in [-0.3, -0.25) is 4.79 Å². The molecule has 1 aromatic carbocycles. The molecule has 114 valence electrons. The summed E-state index contributed by atoms with van der Waals surface area (Å²) in [4.78, 5) is 23.8. The van der Waals surface area contributed by atoms with Crippen molar-refractivity contribution in [2.24, 2.45) is 0 Å². The summed E-state index contributed by atoms with van der Waals surface area (Å²) in [5.74, 6) is -0.794. The van der Waals surface area contributed by atoms with E-state index in [-0.39, 0.29) is 18.6 Å². The van der Waals surface area contributed by atoms with Gasteiger partial charge < -0.3 is 15.8 Å². The second-order valence-electron chi connectivity index (χ2n) is 5.29. The van der Waals surface area contributed by atoms with Gasteiger partial charge in [0.2, 0.25) is 0 Å². The molecular weight excluding hydrogens is 336 g/mol. The van der Waals surface area contributed by atoms with Crippen molar-refractivity contribution in [3.05, 3.63) is 27.7 Å². The van der Waals surface area contributed by atoms with E-state index >= 15 is 0 Å². The van der Waals surface area contributed by atoms with Gasteiger partial charge in [0.1, 0.15) is 0 Å². The van der Waals surface area contributed by atoms with Gasteiger partial charge in [-0.2, -0.15) is 0 Å². The number of nitrogens with one attached hydrogen (secondary N) is 1. The lowest BCUT2D eigenvalue weighted by Crippen LogP contribution is -2.36. The van der Waals surface area contributed by atoms with E-state index in [9.17, 15) is 9.59 Å². The van der Waals surface area contributed by atoms with Gasteiger partial charge in [0, 0.05) is 16.2 Å². The zero-order valence-electron chi connectivity index (χ0n) is 11.9. The molecule has 0 atom stereocenters. The van der Waals surface area contributed by atoms with Crippen molar-refractivity contribution in [1.29, 1.82) is 0 Å². The van der Waals surface area contributed by atoms with E-state index < -0.39 is 5.97 Å². The van der Waals surface area contributed by atoms with Crippen LogP contribution in [0.25, 0.3) is 0 Å². The molecule has 0 heterocycles. The Morgan fingerprint density at radius 1 is 1.38 bits per heavy atom. The number of esters is 1. The quantitative estimate of drug-likeness (QED) is 0.643. The zero-order chi connectivity index (χ0) is 15.4. The number of amides is 1. The summed E-state index contributed by atoms with van der Waals surface area (Å²) in [6, 6.07) is 3.58. The van der Waals surface area contributed by atoms with Crippen molar-refractivity contribution in [2.45, 2.75) is 38.6 Å². The molecule has 6 heteroatoms. The highest BCUT2D eigenvalue weighted by molar-refractivity contribution is 9.10. The lowest BCUT2D eigenvalue weighted by atomic mass is 10.1. The lowest BCUT2D eigenvalue weighted by Gasteiger charge is -2.13. The summed E-state index contributed by atoms with van der Waals surface area (Å²) in [6.07, 6.45) is 4.28. The molecule has 0 spiro atoms. The van der Waals surface area contributed by atoms with Crippen LogP contribution in [0.1, 0.15) is 41.6 Å². The van der Waals surface area contributed by atoms with Crippen molar-refractivity contribution >= 4 is 33.5 Å². The molecule has 1 amide bonds. The maximum Gasteiger partial charge on any atom is 0.339 e. The summed E-state index contributed by atoms with van der Waals surface area (Å²) in [5.41, 5.74) is 7.34. The van der Waals surface area contributed by atoms with Crippen LogP contribution in [-0.2, 0) is 9.53 Å². The number of hydrogen-bond donors (Lipinski definition) is 2. The van der Waals surface area contributed by atoms with Gasteiger partial charge in [-0.05, 0) is 37.5 Å². The molecule has 0 saturated heterocycles. The third kappa shape index (κ3) is 4.20. The molecule has 0 bridgehead atoms. The third-order valence-corrected chi connectivity index (χ3v) is 4.15. The van der Waals surface area contributed by atoms with E-state index in [0.29, 0.717) is 21.3 Å². The van der Waals surface area contributed by atoms with E-state index in [1.165, 1.54) is 0 Å². The summed E-state index contributed by atoms with van der Waals surface area (Å²) in [7, 11) is 0. The monoisotopic (exact) mass is 354 g/mol.